The third-order valence-corrected chi connectivity index (χ3v) is 4.09. The average molecular weight is 358 g/mol. The van der Waals surface area contributed by atoms with Crippen LogP contribution >= 0.6 is 11.3 Å². The van der Waals surface area contributed by atoms with Crippen LogP contribution in [0.4, 0.5) is 18.9 Å². The summed E-state index contributed by atoms with van der Waals surface area (Å²) in [6, 6.07) is 1.55. The average Bonchev–Trinajstić information content (AvgIpc) is 2.86. The fraction of sp³-hybridized carbons (Fsp3) is 0.267. The van der Waals surface area contributed by atoms with Gasteiger partial charge < -0.3 is 10.1 Å². The van der Waals surface area contributed by atoms with Crippen molar-refractivity contribution in [3.05, 3.63) is 45.2 Å². The summed E-state index contributed by atoms with van der Waals surface area (Å²) in [4.78, 5) is 28.3. The molecule has 24 heavy (non-hydrogen) atoms. The normalized spacial score (nSPS) is 11.9. The first kappa shape index (κ1) is 17.9. The van der Waals surface area contributed by atoms with Crippen molar-refractivity contribution in [1.29, 1.82) is 0 Å². The van der Waals surface area contributed by atoms with E-state index in [1.807, 2.05) is 5.32 Å². The van der Waals surface area contributed by atoms with Crippen molar-refractivity contribution in [2.75, 3.05) is 5.32 Å². The van der Waals surface area contributed by atoms with Crippen LogP contribution in [0.5, 0.6) is 0 Å². The first-order valence-corrected chi connectivity index (χ1v) is 7.61. The van der Waals surface area contributed by atoms with E-state index in [9.17, 15) is 22.8 Å². The van der Waals surface area contributed by atoms with Gasteiger partial charge in [0.05, 0.1) is 16.4 Å². The number of thiazole rings is 1. The van der Waals surface area contributed by atoms with Gasteiger partial charge in [0.15, 0.2) is 23.6 Å². The van der Waals surface area contributed by atoms with E-state index in [1.54, 1.807) is 13.8 Å². The van der Waals surface area contributed by atoms with E-state index < -0.39 is 41.1 Å². The number of halogens is 3. The second-order valence-electron chi connectivity index (χ2n) is 4.91. The van der Waals surface area contributed by atoms with E-state index in [2.05, 4.69) is 4.98 Å². The van der Waals surface area contributed by atoms with Crippen molar-refractivity contribution in [2.45, 2.75) is 26.9 Å². The van der Waals surface area contributed by atoms with Crippen molar-refractivity contribution in [3.63, 3.8) is 0 Å². The molecule has 1 aromatic carbocycles. The minimum Gasteiger partial charge on any atom is -0.448 e. The highest BCUT2D eigenvalue weighted by Crippen LogP contribution is 2.21. The first-order valence-electron chi connectivity index (χ1n) is 6.80. The van der Waals surface area contributed by atoms with E-state index in [4.69, 9.17) is 4.74 Å². The van der Waals surface area contributed by atoms with Crippen LogP contribution in [0.2, 0.25) is 0 Å². The monoisotopic (exact) mass is 358 g/mol. The maximum Gasteiger partial charge on any atom is 0.351 e. The molecule has 2 aromatic rings. The summed E-state index contributed by atoms with van der Waals surface area (Å²) in [7, 11) is 0. The van der Waals surface area contributed by atoms with Crippen LogP contribution in [-0.4, -0.2) is 23.0 Å². The van der Waals surface area contributed by atoms with E-state index in [0.29, 0.717) is 16.8 Å². The molecule has 1 atom stereocenters. The highest BCUT2D eigenvalue weighted by molar-refractivity contribution is 7.13. The number of aryl methyl sites for hydroxylation is 2. The number of benzene rings is 1. The molecule has 0 fully saturated rings. The third-order valence-electron chi connectivity index (χ3n) is 3.04. The lowest BCUT2D eigenvalue weighted by Crippen LogP contribution is -2.30. The Balaban J connectivity index is 2.06. The summed E-state index contributed by atoms with van der Waals surface area (Å²) < 4.78 is 44.5. The molecule has 9 heteroatoms. The largest absolute Gasteiger partial charge is 0.448 e. The number of amides is 1. The molecule has 1 N–H and O–H groups in total. The zero-order valence-electron chi connectivity index (χ0n) is 12.9. The molecule has 0 saturated heterocycles. The number of nitrogens with one attached hydrogen (secondary N) is 1. The summed E-state index contributed by atoms with van der Waals surface area (Å²) in [6.07, 6.45) is -1.27. The summed E-state index contributed by atoms with van der Waals surface area (Å²) in [5, 5.41) is 2.71. The number of hydrogen-bond donors (Lipinski definition) is 1. The molecule has 1 heterocycles. The van der Waals surface area contributed by atoms with Crippen LogP contribution in [0.1, 0.15) is 27.3 Å². The van der Waals surface area contributed by atoms with E-state index in [0.717, 1.165) is 17.4 Å². The lowest BCUT2D eigenvalue weighted by Gasteiger charge is -2.13. The molecule has 0 spiro atoms. The Bertz CT molecular complexity index is 808. The van der Waals surface area contributed by atoms with Crippen LogP contribution in [0.25, 0.3) is 0 Å². The molecule has 1 amide bonds. The van der Waals surface area contributed by atoms with E-state index in [1.165, 1.54) is 6.92 Å². The second kappa shape index (κ2) is 7.00. The molecular formula is C15H13F3N2O3S. The molecule has 0 aliphatic rings. The number of carbonyl (C=O) groups is 2. The highest BCUT2D eigenvalue weighted by Gasteiger charge is 2.24. The van der Waals surface area contributed by atoms with Crippen molar-refractivity contribution in [2.24, 2.45) is 0 Å². The lowest BCUT2D eigenvalue weighted by molar-refractivity contribution is -0.123. The summed E-state index contributed by atoms with van der Waals surface area (Å²) in [5.74, 6) is -6.23. The number of nitrogens with zero attached hydrogens (tertiary/aromatic N) is 1. The van der Waals surface area contributed by atoms with Gasteiger partial charge in [-0.2, -0.15) is 0 Å². The molecule has 0 aliphatic heterocycles. The second-order valence-corrected chi connectivity index (χ2v) is 6.11. The van der Waals surface area contributed by atoms with Crippen LogP contribution in [0, 0.1) is 31.3 Å². The van der Waals surface area contributed by atoms with Crippen molar-refractivity contribution < 1.29 is 27.5 Å². The standard InChI is InChI=1S/C15H13F3N2O3S/c1-6-13(24-8(3)19-6)15(22)23-7(2)14(21)20-10-5-4-9(16)11(17)12(10)18/h4-5,7H,1-3H3,(H,20,21)/t7-/m0/s1. The smallest absolute Gasteiger partial charge is 0.351 e. The minimum atomic E-state index is -1.70. The Hall–Kier alpha value is -2.42. The van der Waals surface area contributed by atoms with Crippen molar-refractivity contribution in [1.82, 2.24) is 4.98 Å². The zero-order chi connectivity index (χ0) is 18.0. The number of hydrogen-bond acceptors (Lipinski definition) is 5. The van der Waals surface area contributed by atoms with Gasteiger partial charge in [0.2, 0.25) is 0 Å². The van der Waals surface area contributed by atoms with Crippen molar-refractivity contribution >= 4 is 28.9 Å². The Morgan fingerprint density at radius 3 is 2.46 bits per heavy atom. The van der Waals surface area contributed by atoms with Gasteiger partial charge >= 0.3 is 5.97 Å². The molecule has 0 unspecified atom stereocenters. The van der Waals surface area contributed by atoms with Crippen LogP contribution < -0.4 is 5.32 Å². The number of esters is 1. The Labute approximate surface area is 139 Å². The van der Waals surface area contributed by atoms with Gasteiger partial charge in [-0.05, 0) is 32.9 Å². The predicted molar refractivity (Wildman–Crippen MR) is 81.4 cm³/mol. The molecule has 0 radical (unpaired) electrons. The van der Waals surface area contributed by atoms with Gasteiger partial charge in [0.1, 0.15) is 4.88 Å². The molecule has 5 nitrogen and oxygen atoms in total. The molecule has 0 bridgehead atoms. The lowest BCUT2D eigenvalue weighted by atomic mass is 10.2. The highest BCUT2D eigenvalue weighted by atomic mass is 32.1. The zero-order valence-corrected chi connectivity index (χ0v) is 13.8. The molecular weight excluding hydrogens is 345 g/mol. The molecule has 0 aliphatic carbocycles. The Morgan fingerprint density at radius 2 is 1.88 bits per heavy atom. The summed E-state index contributed by atoms with van der Waals surface area (Å²) in [6.45, 7) is 4.62. The maximum absolute atomic E-state index is 13.5. The molecule has 128 valence electrons. The summed E-state index contributed by atoms with van der Waals surface area (Å²) >= 11 is 1.12. The predicted octanol–water partition coefficient (Wildman–Crippen LogP) is 3.36. The topological polar surface area (TPSA) is 68.3 Å². The number of carbonyl (C=O) groups excluding carboxylic acids is 2. The fourth-order valence-electron chi connectivity index (χ4n) is 1.85. The van der Waals surface area contributed by atoms with Gasteiger partial charge in [-0.15, -0.1) is 11.3 Å². The number of anilines is 1. The number of ether oxygens (including phenoxy) is 1. The molecule has 0 saturated carbocycles. The van der Waals surface area contributed by atoms with E-state index in [-0.39, 0.29) is 4.88 Å². The Morgan fingerprint density at radius 1 is 1.21 bits per heavy atom. The van der Waals surface area contributed by atoms with Gasteiger partial charge in [0.25, 0.3) is 5.91 Å². The number of aromatic nitrogens is 1. The number of rotatable bonds is 4. The van der Waals surface area contributed by atoms with Crippen molar-refractivity contribution in [3.8, 4) is 0 Å². The van der Waals surface area contributed by atoms with Crippen LogP contribution in [-0.2, 0) is 9.53 Å². The maximum atomic E-state index is 13.5. The third kappa shape index (κ3) is 3.73. The van der Waals surface area contributed by atoms with Gasteiger partial charge in [-0.3, -0.25) is 4.79 Å². The van der Waals surface area contributed by atoms with Gasteiger partial charge in [-0.25, -0.2) is 22.9 Å². The van der Waals surface area contributed by atoms with Crippen LogP contribution in [0.15, 0.2) is 12.1 Å². The Kier molecular flexibility index (Phi) is 5.23. The SMILES string of the molecule is Cc1nc(C)c(C(=O)O[C@@H](C)C(=O)Nc2ccc(F)c(F)c2F)s1. The van der Waals surface area contributed by atoms with Crippen LogP contribution in [0.3, 0.4) is 0 Å². The minimum absolute atomic E-state index is 0.256. The van der Waals surface area contributed by atoms with Gasteiger partial charge in [-0.1, -0.05) is 0 Å². The first-order chi connectivity index (χ1) is 11.2. The molecule has 1 aromatic heterocycles. The van der Waals surface area contributed by atoms with E-state index >= 15 is 0 Å². The summed E-state index contributed by atoms with van der Waals surface area (Å²) in [5.41, 5.74) is -0.0756. The molecule has 2 rings (SSSR count). The quantitative estimate of drug-likeness (QED) is 0.672. The van der Waals surface area contributed by atoms with Gasteiger partial charge in [0, 0.05) is 0 Å². The fourth-order valence-corrected chi connectivity index (χ4v) is 2.65.